The number of carbonyl (C=O) groups is 2. The molecule has 1 aliphatic heterocycles. The van der Waals surface area contributed by atoms with Gasteiger partial charge in [-0.15, -0.1) is 0 Å². The predicted molar refractivity (Wildman–Crippen MR) is 97.9 cm³/mol. The van der Waals surface area contributed by atoms with Crippen LogP contribution in [-0.4, -0.2) is 52.8 Å². The maximum atomic E-state index is 12.7. The third-order valence-corrected chi connectivity index (χ3v) is 4.80. The van der Waals surface area contributed by atoms with Crippen LogP contribution in [0, 0.1) is 5.41 Å². The smallest absolute Gasteiger partial charge is 0.270 e. The summed E-state index contributed by atoms with van der Waals surface area (Å²) in [6, 6.07) is 7.78. The zero-order valence-electron chi connectivity index (χ0n) is 14.2. The second-order valence-electron chi connectivity index (χ2n) is 7.25. The molecule has 0 spiro atoms. The van der Waals surface area contributed by atoms with Gasteiger partial charge >= 0.3 is 0 Å². The largest absolute Gasteiger partial charge is 0.351 e. The average Bonchev–Trinajstić information content (AvgIpc) is 2.95. The number of halogens is 1. The fourth-order valence-electron chi connectivity index (χ4n) is 2.98. The minimum absolute atomic E-state index is 0.00909. The first-order chi connectivity index (χ1) is 11.3. The Kier molecular flexibility index (Phi) is 4.42. The number of nitrogens with one attached hydrogen (secondary N) is 1. The standard InChI is InChI=1S/C18H22BrN3O2/c1-18(2,3)17(24)22-8-6-21(7-9-22)16(23)15-11-12-10-13(19)4-5-14(12)20-15/h4-5,10-11,20H,6-9H2,1-3H3. The van der Waals surface area contributed by atoms with Gasteiger partial charge in [-0.2, -0.15) is 0 Å². The average molecular weight is 392 g/mol. The molecule has 6 heteroatoms. The van der Waals surface area contributed by atoms with E-state index in [1.807, 2.05) is 54.8 Å². The summed E-state index contributed by atoms with van der Waals surface area (Å²) in [5, 5.41) is 1.01. The molecule has 0 aliphatic carbocycles. The number of hydrogen-bond acceptors (Lipinski definition) is 2. The molecule has 128 valence electrons. The Labute approximate surface area is 150 Å². The maximum Gasteiger partial charge on any atom is 0.270 e. The van der Waals surface area contributed by atoms with E-state index < -0.39 is 0 Å². The number of fused-ring (bicyclic) bond motifs is 1. The van der Waals surface area contributed by atoms with Crippen molar-refractivity contribution in [2.45, 2.75) is 20.8 Å². The molecule has 3 rings (SSSR count). The number of piperazine rings is 1. The van der Waals surface area contributed by atoms with Crippen LogP contribution in [0.1, 0.15) is 31.3 Å². The lowest BCUT2D eigenvalue weighted by Gasteiger charge is -2.37. The molecule has 2 heterocycles. The van der Waals surface area contributed by atoms with Crippen LogP contribution in [0.5, 0.6) is 0 Å². The van der Waals surface area contributed by atoms with Gasteiger partial charge in [0, 0.05) is 47.0 Å². The number of hydrogen-bond donors (Lipinski definition) is 1. The van der Waals surface area contributed by atoms with Gasteiger partial charge in [0.15, 0.2) is 0 Å². The first-order valence-corrected chi connectivity index (χ1v) is 8.92. The van der Waals surface area contributed by atoms with Crippen molar-refractivity contribution in [2.75, 3.05) is 26.2 Å². The van der Waals surface area contributed by atoms with Gasteiger partial charge in [-0.1, -0.05) is 36.7 Å². The van der Waals surface area contributed by atoms with Gasteiger partial charge in [-0.3, -0.25) is 9.59 Å². The highest BCUT2D eigenvalue weighted by Crippen LogP contribution is 2.22. The zero-order valence-corrected chi connectivity index (χ0v) is 15.8. The molecule has 1 fully saturated rings. The molecular weight excluding hydrogens is 370 g/mol. The molecule has 1 aromatic carbocycles. The summed E-state index contributed by atoms with van der Waals surface area (Å²) in [6.45, 7) is 8.10. The summed E-state index contributed by atoms with van der Waals surface area (Å²) in [7, 11) is 0. The van der Waals surface area contributed by atoms with Gasteiger partial charge in [-0.25, -0.2) is 0 Å². The van der Waals surface area contributed by atoms with Crippen LogP contribution in [0.25, 0.3) is 10.9 Å². The highest BCUT2D eigenvalue weighted by Gasteiger charge is 2.31. The number of amides is 2. The highest BCUT2D eigenvalue weighted by atomic mass is 79.9. The van der Waals surface area contributed by atoms with Crippen molar-refractivity contribution in [3.63, 3.8) is 0 Å². The molecule has 0 saturated carbocycles. The van der Waals surface area contributed by atoms with Crippen LogP contribution >= 0.6 is 15.9 Å². The molecule has 1 aliphatic rings. The van der Waals surface area contributed by atoms with Crippen molar-refractivity contribution in [3.8, 4) is 0 Å². The number of nitrogens with zero attached hydrogens (tertiary/aromatic N) is 2. The number of aromatic amines is 1. The number of aromatic nitrogens is 1. The summed E-state index contributed by atoms with van der Waals surface area (Å²) in [6.07, 6.45) is 0. The van der Waals surface area contributed by atoms with Gasteiger partial charge in [0.25, 0.3) is 5.91 Å². The second kappa shape index (κ2) is 6.24. The third kappa shape index (κ3) is 3.34. The minimum atomic E-state index is -0.378. The minimum Gasteiger partial charge on any atom is -0.351 e. The monoisotopic (exact) mass is 391 g/mol. The second-order valence-corrected chi connectivity index (χ2v) is 8.16. The van der Waals surface area contributed by atoms with Crippen LogP contribution in [-0.2, 0) is 4.79 Å². The van der Waals surface area contributed by atoms with E-state index in [1.165, 1.54) is 0 Å². The van der Waals surface area contributed by atoms with Gasteiger partial charge in [0.1, 0.15) is 5.69 Å². The lowest BCUT2D eigenvalue weighted by Crippen LogP contribution is -2.53. The maximum absolute atomic E-state index is 12.7. The highest BCUT2D eigenvalue weighted by molar-refractivity contribution is 9.10. The van der Waals surface area contributed by atoms with Crippen molar-refractivity contribution in [3.05, 3.63) is 34.4 Å². The van der Waals surface area contributed by atoms with Crippen LogP contribution in [0.4, 0.5) is 0 Å². The molecule has 0 radical (unpaired) electrons. The Morgan fingerprint density at radius 3 is 2.29 bits per heavy atom. The zero-order chi connectivity index (χ0) is 17.5. The summed E-state index contributed by atoms with van der Waals surface area (Å²) in [5.74, 6) is 0.134. The lowest BCUT2D eigenvalue weighted by molar-refractivity contribution is -0.140. The number of H-pyrrole nitrogens is 1. The fraction of sp³-hybridized carbons (Fsp3) is 0.444. The van der Waals surface area contributed by atoms with Gasteiger partial charge < -0.3 is 14.8 Å². The quantitative estimate of drug-likeness (QED) is 0.810. The predicted octanol–water partition coefficient (Wildman–Crippen LogP) is 3.26. The molecule has 2 amide bonds. The topological polar surface area (TPSA) is 56.4 Å². The summed E-state index contributed by atoms with van der Waals surface area (Å²) in [4.78, 5) is 31.9. The number of rotatable bonds is 1. The number of benzene rings is 1. The fourth-order valence-corrected chi connectivity index (χ4v) is 3.35. The van der Waals surface area contributed by atoms with Crippen LogP contribution in [0.15, 0.2) is 28.7 Å². The molecule has 0 bridgehead atoms. The van der Waals surface area contributed by atoms with Crippen molar-refractivity contribution in [2.24, 2.45) is 5.41 Å². The Morgan fingerprint density at radius 2 is 1.67 bits per heavy atom. The molecule has 0 unspecified atom stereocenters. The summed E-state index contributed by atoms with van der Waals surface area (Å²) >= 11 is 3.44. The summed E-state index contributed by atoms with van der Waals surface area (Å²) in [5.41, 5.74) is 1.17. The lowest BCUT2D eigenvalue weighted by atomic mass is 9.94. The third-order valence-electron chi connectivity index (χ3n) is 4.31. The van der Waals surface area contributed by atoms with Crippen molar-refractivity contribution >= 4 is 38.6 Å². The van der Waals surface area contributed by atoms with Gasteiger partial charge in [0.2, 0.25) is 5.91 Å². The molecule has 24 heavy (non-hydrogen) atoms. The Morgan fingerprint density at radius 1 is 1.04 bits per heavy atom. The molecule has 5 nitrogen and oxygen atoms in total. The van der Waals surface area contributed by atoms with Gasteiger partial charge in [0.05, 0.1) is 0 Å². The van der Waals surface area contributed by atoms with E-state index >= 15 is 0 Å². The normalized spacial score (nSPS) is 15.8. The summed E-state index contributed by atoms with van der Waals surface area (Å²) < 4.78 is 0.988. The van der Waals surface area contributed by atoms with E-state index in [9.17, 15) is 9.59 Å². The van der Waals surface area contributed by atoms with Crippen molar-refractivity contribution in [1.29, 1.82) is 0 Å². The first-order valence-electron chi connectivity index (χ1n) is 8.12. The Bertz CT molecular complexity index is 783. The van der Waals surface area contributed by atoms with Gasteiger partial charge in [-0.05, 0) is 24.3 Å². The van der Waals surface area contributed by atoms with E-state index in [2.05, 4.69) is 20.9 Å². The molecule has 2 aromatic rings. The van der Waals surface area contributed by atoms with E-state index in [0.717, 1.165) is 15.4 Å². The van der Waals surface area contributed by atoms with Crippen molar-refractivity contribution in [1.82, 2.24) is 14.8 Å². The molecule has 0 atom stereocenters. The molecule has 1 aromatic heterocycles. The SMILES string of the molecule is CC(C)(C)C(=O)N1CCN(C(=O)c2cc3cc(Br)ccc3[nH]2)CC1. The Hall–Kier alpha value is -1.82. The van der Waals surface area contributed by atoms with Crippen LogP contribution < -0.4 is 0 Å². The molecule has 1 N–H and O–H groups in total. The molecule has 1 saturated heterocycles. The Balaban J connectivity index is 1.69. The van der Waals surface area contributed by atoms with E-state index in [4.69, 9.17) is 0 Å². The van der Waals surface area contributed by atoms with Crippen LogP contribution in [0.3, 0.4) is 0 Å². The van der Waals surface area contributed by atoms with E-state index in [1.54, 1.807) is 0 Å². The molecular formula is C18H22BrN3O2. The van der Waals surface area contributed by atoms with Crippen LogP contribution in [0.2, 0.25) is 0 Å². The van der Waals surface area contributed by atoms with Crippen molar-refractivity contribution < 1.29 is 9.59 Å². The number of carbonyl (C=O) groups excluding carboxylic acids is 2. The van der Waals surface area contributed by atoms with E-state index in [-0.39, 0.29) is 17.2 Å². The van der Waals surface area contributed by atoms with E-state index in [0.29, 0.717) is 31.9 Å². The first kappa shape index (κ1) is 17.0.